The summed E-state index contributed by atoms with van der Waals surface area (Å²) in [5, 5.41) is -0.174. The van der Waals surface area contributed by atoms with Gasteiger partial charge in [0.2, 0.25) is 0 Å². The standard InChI is InChI=1S/C10H18O2S/c1-7-5-8(2)9(3)10(6-7)13(4,11)12/h5,8-10H,6H2,1-4H3. The normalized spacial score (nSPS) is 35.7. The first-order valence-corrected chi connectivity index (χ1v) is 6.64. The Kier molecular flexibility index (Phi) is 2.85. The molecule has 0 aromatic heterocycles. The van der Waals surface area contributed by atoms with E-state index in [-0.39, 0.29) is 11.2 Å². The Morgan fingerprint density at radius 1 is 1.38 bits per heavy atom. The lowest BCUT2D eigenvalue weighted by Crippen LogP contribution is -2.33. The van der Waals surface area contributed by atoms with Gasteiger partial charge >= 0.3 is 0 Å². The maximum absolute atomic E-state index is 11.5. The molecule has 0 fully saturated rings. The molecular formula is C10H18O2S. The third kappa shape index (κ3) is 2.33. The molecule has 0 N–H and O–H groups in total. The van der Waals surface area contributed by atoms with Gasteiger partial charge in [0.05, 0.1) is 5.25 Å². The number of hydrogen-bond acceptors (Lipinski definition) is 2. The minimum absolute atomic E-state index is 0.174. The van der Waals surface area contributed by atoms with Crippen molar-refractivity contribution in [2.75, 3.05) is 6.26 Å². The van der Waals surface area contributed by atoms with E-state index < -0.39 is 9.84 Å². The summed E-state index contributed by atoms with van der Waals surface area (Å²) in [7, 11) is -2.88. The Labute approximate surface area is 81.0 Å². The van der Waals surface area contributed by atoms with Crippen molar-refractivity contribution in [3.05, 3.63) is 11.6 Å². The van der Waals surface area contributed by atoms with Crippen LogP contribution in [0.25, 0.3) is 0 Å². The van der Waals surface area contributed by atoms with Crippen molar-refractivity contribution in [3.8, 4) is 0 Å². The van der Waals surface area contributed by atoms with Gasteiger partial charge in [0, 0.05) is 6.26 Å². The fourth-order valence-electron chi connectivity index (χ4n) is 2.05. The average molecular weight is 202 g/mol. The van der Waals surface area contributed by atoms with Gasteiger partial charge in [0.25, 0.3) is 0 Å². The highest BCUT2D eigenvalue weighted by atomic mass is 32.2. The second-order valence-corrected chi connectivity index (χ2v) is 6.57. The molecule has 0 heterocycles. The maximum Gasteiger partial charge on any atom is 0.150 e. The van der Waals surface area contributed by atoms with Crippen molar-refractivity contribution in [3.63, 3.8) is 0 Å². The fraction of sp³-hybridized carbons (Fsp3) is 0.800. The number of allylic oxidation sites excluding steroid dienone is 2. The van der Waals surface area contributed by atoms with Crippen LogP contribution in [0.3, 0.4) is 0 Å². The first kappa shape index (κ1) is 10.8. The van der Waals surface area contributed by atoms with E-state index in [4.69, 9.17) is 0 Å². The lowest BCUT2D eigenvalue weighted by Gasteiger charge is -2.31. The van der Waals surface area contributed by atoms with Gasteiger partial charge in [-0.2, -0.15) is 0 Å². The fourth-order valence-corrected chi connectivity index (χ4v) is 3.65. The quantitative estimate of drug-likeness (QED) is 0.610. The molecule has 3 unspecified atom stereocenters. The summed E-state index contributed by atoms with van der Waals surface area (Å²) in [6.45, 7) is 6.13. The van der Waals surface area contributed by atoms with Gasteiger partial charge in [0.1, 0.15) is 0 Å². The Bertz CT molecular complexity index is 314. The second-order valence-electron chi connectivity index (χ2n) is 4.30. The highest BCUT2D eigenvalue weighted by molar-refractivity contribution is 7.91. The van der Waals surface area contributed by atoms with E-state index in [1.165, 1.54) is 11.8 Å². The summed E-state index contributed by atoms with van der Waals surface area (Å²) in [4.78, 5) is 0. The van der Waals surface area contributed by atoms with E-state index in [0.717, 1.165) is 0 Å². The highest BCUT2D eigenvalue weighted by Gasteiger charge is 2.32. The van der Waals surface area contributed by atoms with Crippen molar-refractivity contribution in [2.45, 2.75) is 32.4 Å². The summed E-state index contributed by atoms with van der Waals surface area (Å²) in [6.07, 6.45) is 4.25. The molecule has 0 aromatic rings. The number of sulfone groups is 1. The van der Waals surface area contributed by atoms with Crippen molar-refractivity contribution in [2.24, 2.45) is 11.8 Å². The summed E-state index contributed by atoms with van der Waals surface area (Å²) < 4.78 is 22.9. The molecule has 1 aliphatic rings. The summed E-state index contributed by atoms with van der Waals surface area (Å²) >= 11 is 0. The smallest absolute Gasteiger partial charge is 0.150 e. The number of hydrogen-bond donors (Lipinski definition) is 0. The SMILES string of the molecule is CC1=CC(C)C(C)C(S(C)(=O)=O)C1. The molecule has 2 nitrogen and oxygen atoms in total. The van der Waals surface area contributed by atoms with Crippen LogP contribution in [0, 0.1) is 11.8 Å². The molecule has 0 amide bonds. The van der Waals surface area contributed by atoms with Crippen LogP contribution < -0.4 is 0 Å². The summed E-state index contributed by atoms with van der Waals surface area (Å²) in [5.74, 6) is 0.632. The Morgan fingerprint density at radius 3 is 2.38 bits per heavy atom. The minimum atomic E-state index is -2.88. The van der Waals surface area contributed by atoms with Gasteiger partial charge in [-0.05, 0) is 25.2 Å². The maximum atomic E-state index is 11.5. The molecule has 13 heavy (non-hydrogen) atoms. The van der Waals surface area contributed by atoms with Crippen molar-refractivity contribution < 1.29 is 8.42 Å². The van der Waals surface area contributed by atoms with Crippen molar-refractivity contribution in [1.82, 2.24) is 0 Å². The van der Waals surface area contributed by atoms with Crippen LogP contribution >= 0.6 is 0 Å². The molecule has 0 saturated carbocycles. The third-order valence-electron chi connectivity index (χ3n) is 3.04. The van der Waals surface area contributed by atoms with Crippen LogP contribution in [-0.4, -0.2) is 19.9 Å². The Balaban J connectivity index is 2.98. The molecule has 1 aliphatic carbocycles. The Hall–Kier alpha value is -0.310. The number of rotatable bonds is 1. The Morgan fingerprint density at radius 2 is 1.92 bits per heavy atom. The molecule has 0 aromatic carbocycles. The minimum Gasteiger partial charge on any atom is -0.229 e. The van der Waals surface area contributed by atoms with E-state index in [1.54, 1.807) is 0 Å². The molecule has 0 aliphatic heterocycles. The van der Waals surface area contributed by atoms with Crippen LogP contribution in [0.4, 0.5) is 0 Å². The van der Waals surface area contributed by atoms with Crippen LogP contribution in [0.1, 0.15) is 27.2 Å². The van der Waals surface area contributed by atoms with Gasteiger partial charge in [-0.1, -0.05) is 25.5 Å². The molecule has 0 saturated heterocycles. The van der Waals surface area contributed by atoms with Crippen molar-refractivity contribution in [1.29, 1.82) is 0 Å². The van der Waals surface area contributed by atoms with Crippen molar-refractivity contribution >= 4 is 9.84 Å². The van der Waals surface area contributed by atoms with E-state index in [1.807, 2.05) is 13.8 Å². The highest BCUT2D eigenvalue weighted by Crippen LogP contribution is 2.32. The zero-order chi connectivity index (χ0) is 10.2. The van der Waals surface area contributed by atoms with E-state index in [2.05, 4.69) is 13.0 Å². The lowest BCUT2D eigenvalue weighted by atomic mass is 9.83. The summed E-state index contributed by atoms with van der Waals surface area (Å²) in [6, 6.07) is 0. The molecule has 0 spiro atoms. The predicted molar refractivity (Wildman–Crippen MR) is 55.3 cm³/mol. The molecule has 0 bridgehead atoms. The van der Waals surface area contributed by atoms with Gasteiger partial charge in [0.15, 0.2) is 9.84 Å². The largest absolute Gasteiger partial charge is 0.229 e. The van der Waals surface area contributed by atoms with E-state index in [9.17, 15) is 8.42 Å². The first-order chi connectivity index (χ1) is 5.82. The monoisotopic (exact) mass is 202 g/mol. The predicted octanol–water partition coefficient (Wildman–Crippen LogP) is 2.02. The van der Waals surface area contributed by atoms with Crippen LogP contribution in [0.5, 0.6) is 0 Å². The van der Waals surface area contributed by atoms with Gasteiger partial charge in [-0.25, -0.2) is 8.42 Å². The first-order valence-electron chi connectivity index (χ1n) is 4.68. The van der Waals surface area contributed by atoms with E-state index in [0.29, 0.717) is 12.3 Å². The molecular weight excluding hydrogens is 184 g/mol. The van der Waals surface area contributed by atoms with Crippen LogP contribution in [0.15, 0.2) is 11.6 Å². The third-order valence-corrected chi connectivity index (χ3v) is 4.73. The molecule has 3 heteroatoms. The zero-order valence-electron chi connectivity index (χ0n) is 8.74. The van der Waals surface area contributed by atoms with Crippen LogP contribution in [0.2, 0.25) is 0 Å². The lowest BCUT2D eigenvalue weighted by molar-refractivity contribution is 0.400. The van der Waals surface area contributed by atoms with Gasteiger partial charge in [-0.15, -0.1) is 0 Å². The average Bonchev–Trinajstić information content (AvgIpc) is 1.94. The second kappa shape index (κ2) is 3.45. The molecule has 3 atom stereocenters. The zero-order valence-corrected chi connectivity index (χ0v) is 9.56. The van der Waals surface area contributed by atoms with E-state index >= 15 is 0 Å². The summed E-state index contributed by atoms with van der Waals surface area (Å²) in [5.41, 5.74) is 1.21. The molecule has 1 rings (SSSR count). The molecule has 76 valence electrons. The van der Waals surface area contributed by atoms with Gasteiger partial charge in [-0.3, -0.25) is 0 Å². The topological polar surface area (TPSA) is 34.1 Å². The van der Waals surface area contributed by atoms with Gasteiger partial charge < -0.3 is 0 Å². The molecule has 0 radical (unpaired) electrons. The van der Waals surface area contributed by atoms with Crippen LogP contribution in [-0.2, 0) is 9.84 Å².